The van der Waals surface area contributed by atoms with E-state index in [-0.39, 0.29) is 22.6 Å². The van der Waals surface area contributed by atoms with Gasteiger partial charge in [0.25, 0.3) is 5.91 Å². The zero-order chi connectivity index (χ0) is 19.3. The SMILES string of the molecule is CC(C)CN(CC(C)C)S(=O)(=O)c1ccc(NC(=O)c2cccs2)cc1. The van der Waals surface area contributed by atoms with Gasteiger partial charge < -0.3 is 5.32 Å². The maximum atomic E-state index is 13.0. The van der Waals surface area contributed by atoms with Crippen molar-refractivity contribution in [2.24, 2.45) is 11.8 Å². The quantitative estimate of drug-likeness (QED) is 0.726. The largest absolute Gasteiger partial charge is 0.321 e. The van der Waals surface area contributed by atoms with Crippen LogP contribution in [-0.2, 0) is 10.0 Å². The number of nitrogens with zero attached hydrogens (tertiary/aromatic N) is 1. The van der Waals surface area contributed by atoms with Crippen molar-refractivity contribution in [2.45, 2.75) is 32.6 Å². The molecule has 0 aliphatic heterocycles. The van der Waals surface area contributed by atoms with E-state index in [0.29, 0.717) is 23.7 Å². The summed E-state index contributed by atoms with van der Waals surface area (Å²) in [5.74, 6) is 0.289. The van der Waals surface area contributed by atoms with Crippen LogP contribution in [0.4, 0.5) is 5.69 Å². The van der Waals surface area contributed by atoms with Gasteiger partial charge in [0.05, 0.1) is 9.77 Å². The van der Waals surface area contributed by atoms with Gasteiger partial charge in [0.1, 0.15) is 0 Å². The van der Waals surface area contributed by atoms with Gasteiger partial charge in [-0.15, -0.1) is 11.3 Å². The summed E-state index contributed by atoms with van der Waals surface area (Å²) in [6.45, 7) is 8.99. The van der Waals surface area contributed by atoms with Crippen molar-refractivity contribution in [1.82, 2.24) is 4.31 Å². The van der Waals surface area contributed by atoms with E-state index in [0.717, 1.165) is 0 Å². The van der Waals surface area contributed by atoms with Gasteiger partial charge in [-0.05, 0) is 47.5 Å². The van der Waals surface area contributed by atoms with Crippen molar-refractivity contribution < 1.29 is 13.2 Å². The molecule has 0 saturated carbocycles. The van der Waals surface area contributed by atoms with E-state index in [1.54, 1.807) is 34.6 Å². The molecule has 0 bridgehead atoms. The van der Waals surface area contributed by atoms with E-state index < -0.39 is 10.0 Å². The molecule has 0 radical (unpaired) electrons. The van der Waals surface area contributed by atoms with Gasteiger partial charge in [-0.25, -0.2) is 8.42 Å². The predicted molar refractivity (Wildman–Crippen MR) is 107 cm³/mol. The van der Waals surface area contributed by atoms with Crippen LogP contribution in [0.1, 0.15) is 37.4 Å². The molecule has 0 unspecified atom stereocenters. The molecule has 1 N–H and O–H groups in total. The number of hydrogen-bond acceptors (Lipinski definition) is 4. The van der Waals surface area contributed by atoms with Gasteiger partial charge in [-0.1, -0.05) is 33.8 Å². The fraction of sp³-hybridized carbons (Fsp3) is 0.421. The second kappa shape index (κ2) is 8.79. The molecule has 0 saturated heterocycles. The summed E-state index contributed by atoms with van der Waals surface area (Å²) in [5, 5.41) is 4.62. The van der Waals surface area contributed by atoms with Crippen LogP contribution in [-0.4, -0.2) is 31.7 Å². The first-order valence-corrected chi connectivity index (χ1v) is 11.0. The number of amides is 1. The fourth-order valence-electron chi connectivity index (χ4n) is 2.55. The van der Waals surface area contributed by atoms with Gasteiger partial charge in [-0.3, -0.25) is 4.79 Å². The van der Waals surface area contributed by atoms with Crippen molar-refractivity contribution in [2.75, 3.05) is 18.4 Å². The minimum Gasteiger partial charge on any atom is -0.321 e. The Labute approximate surface area is 160 Å². The van der Waals surface area contributed by atoms with E-state index in [9.17, 15) is 13.2 Å². The smallest absolute Gasteiger partial charge is 0.265 e. The lowest BCUT2D eigenvalue weighted by molar-refractivity contribution is 0.103. The van der Waals surface area contributed by atoms with Crippen LogP contribution in [0, 0.1) is 11.8 Å². The Kier molecular flexibility index (Phi) is 6.97. The zero-order valence-corrected chi connectivity index (χ0v) is 17.2. The van der Waals surface area contributed by atoms with Crippen molar-refractivity contribution in [3.8, 4) is 0 Å². The van der Waals surface area contributed by atoms with Crippen LogP contribution >= 0.6 is 11.3 Å². The lowest BCUT2D eigenvalue weighted by Crippen LogP contribution is -2.37. The Hall–Kier alpha value is -1.70. The molecule has 0 fully saturated rings. The van der Waals surface area contributed by atoms with Crippen molar-refractivity contribution >= 4 is 33.0 Å². The lowest BCUT2D eigenvalue weighted by atomic mass is 10.2. The van der Waals surface area contributed by atoms with Crippen LogP contribution in [0.2, 0.25) is 0 Å². The highest BCUT2D eigenvalue weighted by atomic mass is 32.2. The molecule has 1 heterocycles. The molecule has 142 valence electrons. The second-order valence-electron chi connectivity index (χ2n) is 7.07. The highest BCUT2D eigenvalue weighted by Gasteiger charge is 2.25. The summed E-state index contributed by atoms with van der Waals surface area (Å²) >= 11 is 1.36. The Morgan fingerprint density at radius 2 is 1.62 bits per heavy atom. The van der Waals surface area contributed by atoms with Gasteiger partial charge in [0, 0.05) is 18.8 Å². The van der Waals surface area contributed by atoms with Gasteiger partial charge >= 0.3 is 0 Å². The number of carbonyl (C=O) groups excluding carboxylic acids is 1. The Morgan fingerprint density at radius 1 is 1.04 bits per heavy atom. The first kappa shape index (κ1) is 20.6. The first-order chi connectivity index (χ1) is 12.2. The third-order valence-corrected chi connectivity index (χ3v) is 6.35. The third kappa shape index (κ3) is 5.40. The predicted octanol–water partition coefficient (Wildman–Crippen LogP) is 4.30. The van der Waals surface area contributed by atoms with E-state index in [2.05, 4.69) is 5.32 Å². The number of nitrogens with one attached hydrogen (secondary N) is 1. The van der Waals surface area contributed by atoms with E-state index in [1.165, 1.54) is 11.3 Å². The summed E-state index contributed by atoms with van der Waals surface area (Å²) in [4.78, 5) is 12.9. The molecule has 0 atom stereocenters. The molecule has 5 nitrogen and oxygen atoms in total. The normalized spacial score (nSPS) is 12.1. The van der Waals surface area contributed by atoms with Crippen molar-refractivity contribution in [1.29, 1.82) is 0 Å². The van der Waals surface area contributed by atoms with Gasteiger partial charge in [0.2, 0.25) is 10.0 Å². The minimum atomic E-state index is -3.56. The molecule has 0 aliphatic carbocycles. The Bertz CT molecular complexity index is 801. The highest BCUT2D eigenvalue weighted by molar-refractivity contribution is 7.89. The topological polar surface area (TPSA) is 66.5 Å². The minimum absolute atomic E-state index is 0.197. The van der Waals surface area contributed by atoms with Crippen molar-refractivity contribution in [3.05, 3.63) is 46.7 Å². The molecule has 2 rings (SSSR count). The van der Waals surface area contributed by atoms with Gasteiger partial charge in [-0.2, -0.15) is 4.31 Å². The molecule has 2 aromatic rings. The maximum absolute atomic E-state index is 13.0. The number of anilines is 1. The average molecular weight is 395 g/mol. The lowest BCUT2D eigenvalue weighted by Gasteiger charge is -2.25. The van der Waals surface area contributed by atoms with Crippen molar-refractivity contribution in [3.63, 3.8) is 0 Å². The number of benzene rings is 1. The molecule has 1 aromatic carbocycles. The molecule has 0 spiro atoms. The summed E-state index contributed by atoms with van der Waals surface area (Å²) in [6.07, 6.45) is 0. The number of thiophene rings is 1. The van der Waals surface area contributed by atoms with Crippen LogP contribution in [0.5, 0.6) is 0 Å². The molecular formula is C19H26N2O3S2. The Balaban J connectivity index is 2.17. The first-order valence-electron chi connectivity index (χ1n) is 8.65. The van der Waals surface area contributed by atoms with E-state index >= 15 is 0 Å². The van der Waals surface area contributed by atoms with E-state index in [1.807, 2.05) is 39.1 Å². The van der Waals surface area contributed by atoms with Crippen LogP contribution in [0.3, 0.4) is 0 Å². The van der Waals surface area contributed by atoms with Crippen LogP contribution < -0.4 is 5.32 Å². The average Bonchev–Trinajstić information content (AvgIpc) is 3.08. The second-order valence-corrected chi connectivity index (χ2v) is 9.95. The number of rotatable bonds is 8. The standard InChI is InChI=1S/C19H26N2O3S2/c1-14(2)12-21(13-15(3)4)26(23,24)17-9-7-16(8-10-17)20-19(22)18-6-5-11-25-18/h5-11,14-15H,12-13H2,1-4H3,(H,20,22). The summed E-state index contributed by atoms with van der Waals surface area (Å²) in [6, 6.07) is 9.91. The van der Waals surface area contributed by atoms with Crippen LogP contribution in [0.15, 0.2) is 46.7 Å². The molecule has 1 amide bonds. The molecule has 7 heteroatoms. The summed E-state index contributed by atoms with van der Waals surface area (Å²) < 4.78 is 27.5. The number of sulfonamides is 1. The van der Waals surface area contributed by atoms with Crippen LogP contribution in [0.25, 0.3) is 0 Å². The maximum Gasteiger partial charge on any atom is 0.265 e. The summed E-state index contributed by atoms with van der Waals surface area (Å²) in [5.41, 5.74) is 0.571. The third-order valence-electron chi connectivity index (χ3n) is 3.63. The van der Waals surface area contributed by atoms with E-state index in [4.69, 9.17) is 0 Å². The van der Waals surface area contributed by atoms with Gasteiger partial charge in [0.15, 0.2) is 0 Å². The summed E-state index contributed by atoms with van der Waals surface area (Å²) in [7, 11) is -3.56. The molecule has 1 aromatic heterocycles. The monoisotopic (exact) mass is 394 g/mol. The highest BCUT2D eigenvalue weighted by Crippen LogP contribution is 2.21. The number of hydrogen-bond donors (Lipinski definition) is 1. The molecule has 0 aliphatic rings. The molecular weight excluding hydrogens is 368 g/mol. The zero-order valence-electron chi connectivity index (χ0n) is 15.6. The molecule has 26 heavy (non-hydrogen) atoms. The number of carbonyl (C=O) groups is 1. The Morgan fingerprint density at radius 3 is 2.08 bits per heavy atom. The fourth-order valence-corrected chi connectivity index (χ4v) is 4.93.